The molecule has 0 atom stereocenters. The van der Waals surface area contributed by atoms with Gasteiger partial charge in [-0.05, 0) is 29.3 Å². The maximum absolute atomic E-state index is 13.6. The van der Waals surface area contributed by atoms with Gasteiger partial charge in [0.2, 0.25) is 0 Å². The third kappa shape index (κ3) is 3.79. The van der Waals surface area contributed by atoms with Gasteiger partial charge in [0.25, 0.3) is 0 Å². The van der Waals surface area contributed by atoms with Crippen molar-refractivity contribution in [2.75, 3.05) is 18.1 Å². The number of halogens is 1. The smallest absolute Gasteiger partial charge is 0.125 e. The number of benzene rings is 2. The van der Waals surface area contributed by atoms with Crippen molar-refractivity contribution in [2.45, 2.75) is 13.1 Å². The highest BCUT2D eigenvalue weighted by Crippen LogP contribution is 2.20. The Bertz CT molecular complexity index is 545. The summed E-state index contributed by atoms with van der Waals surface area (Å²) >= 11 is 0. The third-order valence-corrected chi connectivity index (χ3v) is 3.13. The Hall–Kier alpha value is -1.91. The SMILES string of the molecule is NCc1cc(F)cc(N(CCO)Cc2ccccc2)c1. The zero-order valence-electron chi connectivity index (χ0n) is 11.3. The van der Waals surface area contributed by atoms with E-state index < -0.39 is 0 Å². The first kappa shape index (κ1) is 14.5. The normalized spacial score (nSPS) is 10.6. The van der Waals surface area contributed by atoms with Gasteiger partial charge >= 0.3 is 0 Å². The van der Waals surface area contributed by atoms with Gasteiger partial charge in [0, 0.05) is 25.3 Å². The van der Waals surface area contributed by atoms with Gasteiger partial charge in [-0.2, -0.15) is 0 Å². The molecule has 0 unspecified atom stereocenters. The molecule has 0 heterocycles. The molecule has 0 amide bonds. The van der Waals surface area contributed by atoms with E-state index in [2.05, 4.69) is 0 Å². The van der Waals surface area contributed by atoms with Crippen molar-refractivity contribution >= 4 is 5.69 Å². The highest BCUT2D eigenvalue weighted by molar-refractivity contribution is 5.49. The van der Waals surface area contributed by atoms with Gasteiger partial charge in [-0.15, -0.1) is 0 Å². The van der Waals surface area contributed by atoms with Crippen LogP contribution in [0, 0.1) is 5.82 Å². The van der Waals surface area contributed by atoms with E-state index >= 15 is 0 Å². The molecule has 20 heavy (non-hydrogen) atoms. The zero-order valence-corrected chi connectivity index (χ0v) is 11.3. The summed E-state index contributed by atoms with van der Waals surface area (Å²) in [5.74, 6) is -0.307. The molecule has 0 fully saturated rings. The number of nitrogens with two attached hydrogens (primary N) is 1. The lowest BCUT2D eigenvalue weighted by Crippen LogP contribution is -2.26. The fourth-order valence-corrected chi connectivity index (χ4v) is 2.16. The van der Waals surface area contributed by atoms with Crippen molar-refractivity contribution in [1.82, 2.24) is 0 Å². The van der Waals surface area contributed by atoms with Gasteiger partial charge in [-0.25, -0.2) is 4.39 Å². The van der Waals surface area contributed by atoms with Gasteiger partial charge in [0.1, 0.15) is 5.82 Å². The van der Waals surface area contributed by atoms with E-state index in [0.717, 1.165) is 16.8 Å². The van der Waals surface area contributed by atoms with Crippen LogP contribution in [0.1, 0.15) is 11.1 Å². The molecule has 0 aliphatic heterocycles. The second kappa shape index (κ2) is 7.03. The van der Waals surface area contributed by atoms with Crippen molar-refractivity contribution in [3.63, 3.8) is 0 Å². The van der Waals surface area contributed by atoms with Crippen molar-refractivity contribution < 1.29 is 9.50 Å². The van der Waals surface area contributed by atoms with E-state index in [1.54, 1.807) is 0 Å². The fourth-order valence-electron chi connectivity index (χ4n) is 2.16. The van der Waals surface area contributed by atoms with Crippen LogP contribution in [-0.4, -0.2) is 18.3 Å². The number of aliphatic hydroxyl groups excluding tert-OH is 1. The second-order valence-corrected chi connectivity index (χ2v) is 4.65. The van der Waals surface area contributed by atoms with Crippen LogP contribution in [0.4, 0.5) is 10.1 Å². The summed E-state index contributed by atoms with van der Waals surface area (Å²) in [6, 6.07) is 14.7. The van der Waals surface area contributed by atoms with Crippen LogP contribution in [0.15, 0.2) is 48.5 Å². The molecule has 0 saturated carbocycles. The third-order valence-electron chi connectivity index (χ3n) is 3.13. The van der Waals surface area contributed by atoms with E-state index in [1.807, 2.05) is 41.3 Å². The molecule has 4 heteroatoms. The van der Waals surface area contributed by atoms with Crippen LogP contribution in [0.2, 0.25) is 0 Å². The maximum Gasteiger partial charge on any atom is 0.125 e. The molecule has 0 aromatic heterocycles. The van der Waals surface area contributed by atoms with Crippen LogP contribution in [-0.2, 0) is 13.1 Å². The van der Waals surface area contributed by atoms with Crippen LogP contribution in [0.3, 0.4) is 0 Å². The molecule has 0 bridgehead atoms. The van der Waals surface area contributed by atoms with Crippen LogP contribution in [0.5, 0.6) is 0 Å². The molecule has 0 aliphatic carbocycles. The molecule has 0 spiro atoms. The van der Waals surface area contributed by atoms with Crippen molar-refractivity contribution in [3.05, 3.63) is 65.5 Å². The summed E-state index contributed by atoms with van der Waals surface area (Å²) in [7, 11) is 0. The van der Waals surface area contributed by atoms with E-state index in [9.17, 15) is 9.50 Å². The van der Waals surface area contributed by atoms with Crippen LogP contribution in [0.25, 0.3) is 0 Å². The molecule has 0 saturated heterocycles. The lowest BCUT2D eigenvalue weighted by atomic mass is 10.1. The predicted molar refractivity (Wildman–Crippen MR) is 78.9 cm³/mol. The predicted octanol–water partition coefficient (Wildman–Crippen LogP) is 2.28. The van der Waals surface area contributed by atoms with Crippen molar-refractivity contribution in [1.29, 1.82) is 0 Å². The van der Waals surface area contributed by atoms with E-state index in [-0.39, 0.29) is 12.4 Å². The Kier molecular flexibility index (Phi) is 5.09. The van der Waals surface area contributed by atoms with Gasteiger partial charge < -0.3 is 15.7 Å². The molecule has 3 N–H and O–H groups in total. The highest BCUT2D eigenvalue weighted by atomic mass is 19.1. The molecule has 0 radical (unpaired) electrons. The molecule has 2 rings (SSSR count). The van der Waals surface area contributed by atoms with Crippen LogP contribution < -0.4 is 10.6 Å². The monoisotopic (exact) mass is 274 g/mol. The number of hydrogen-bond donors (Lipinski definition) is 2. The lowest BCUT2D eigenvalue weighted by molar-refractivity contribution is 0.301. The molecule has 2 aromatic rings. The summed E-state index contributed by atoms with van der Waals surface area (Å²) in [5, 5.41) is 9.21. The molecular formula is C16H19FN2O. The first-order chi connectivity index (χ1) is 9.72. The van der Waals surface area contributed by atoms with Crippen LogP contribution >= 0.6 is 0 Å². The molecule has 106 valence electrons. The number of aliphatic hydroxyl groups is 1. The highest BCUT2D eigenvalue weighted by Gasteiger charge is 2.09. The number of anilines is 1. The topological polar surface area (TPSA) is 49.5 Å². The van der Waals surface area contributed by atoms with Gasteiger partial charge in [-0.3, -0.25) is 0 Å². The Morgan fingerprint density at radius 2 is 1.80 bits per heavy atom. The Labute approximate surface area is 118 Å². The summed E-state index contributed by atoms with van der Waals surface area (Å²) in [6.07, 6.45) is 0. The average Bonchev–Trinajstić information content (AvgIpc) is 2.47. The van der Waals surface area contributed by atoms with Gasteiger partial charge in [0.05, 0.1) is 6.61 Å². The van der Waals surface area contributed by atoms with E-state index in [0.29, 0.717) is 19.6 Å². The first-order valence-electron chi connectivity index (χ1n) is 6.62. The average molecular weight is 274 g/mol. The summed E-state index contributed by atoms with van der Waals surface area (Å²) < 4.78 is 13.6. The number of rotatable bonds is 6. The lowest BCUT2D eigenvalue weighted by Gasteiger charge is -2.24. The Balaban J connectivity index is 2.26. The quantitative estimate of drug-likeness (QED) is 0.849. The number of nitrogens with zero attached hydrogens (tertiary/aromatic N) is 1. The Morgan fingerprint density at radius 3 is 2.45 bits per heavy atom. The zero-order chi connectivity index (χ0) is 14.4. The fraction of sp³-hybridized carbons (Fsp3) is 0.250. The second-order valence-electron chi connectivity index (χ2n) is 4.65. The largest absolute Gasteiger partial charge is 0.395 e. The number of hydrogen-bond acceptors (Lipinski definition) is 3. The van der Waals surface area contributed by atoms with Crippen molar-refractivity contribution in [2.24, 2.45) is 5.73 Å². The minimum atomic E-state index is -0.307. The van der Waals surface area contributed by atoms with Gasteiger partial charge in [0.15, 0.2) is 0 Å². The maximum atomic E-state index is 13.6. The summed E-state index contributed by atoms with van der Waals surface area (Å²) in [6.45, 7) is 1.38. The Morgan fingerprint density at radius 1 is 1.05 bits per heavy atom. The minimum Gasteiger partial charge on any atom is -0.395 e. The van der Waals surface area contributed by atoms with E-state index in [4.69, 9.17) is 5.73 Å². The minimum absolute atomic E-state index is 0.0152. The van der Waals surface area contributed by atoms with Crippen molar-refractivity contribution in [3.8, 4) is 0 Å². The summed E-state index contributed by atoms with van der Waals surface area (Å²) in [4.78, 5) is 1.94. The standard InChI is InChI=1S/C16H19FN2O/c17-15-8-14(11-18)9-16(10-15)19(6-7-20)12-13-4-2-1-3-5-13/h1-5,8-10,20H,6-7,11-12,18H2. The van der Waals surface area contributed by atoms with E-state index in [1.165, 1.54) is 12.1 Å². The molecule has 0 aliphatic rings. The molecule has 3 nitrogen and oxygen atoms in total. The van der Waals surface area contributed by atoms with Gasteiger partial charge in [-0.1, -0.05) is 30.3 Å². The molecular weight excluding hydrogens is 255 g/mol. The summed E-state index contributed by atoms with van der Waals surface area (Å²) in [5.41, 5.74) is 8.18. The molecule has 2 aromatic carbocycles. The first-order valence-corrected chi connectivity index (χ1v) is 6.62.